The maximum atomic E-state index is 5.76. The Morgan fingerprint density at radius 2 is 2.29 bits per heavy atom. The molecule has 0 amide bonds. The second-order valence-corrected chi connectivity index (χ2v) is 5.80. The number of aromatic nitrogens is 2. The molecule has 2 atom stereocenters. The smallest absolute Gasteiger partial charge is 0.226 e. The third-order valence-corrected chi connectivity index (χ3v) is 4.30. The monoisotopic (exact) mass is 295 g/mol. The molecule has 6 heteroatoms. The second-order valence-electron chi connectivity index (χ2n) is 5.80. The Labute approximate surface area is 125 Å². The Kier molecular flexibility index (Phi) is 5.22. The fraction of sp³-hybridized carbons (Fsp3) is 0.867. The van der Waals surface area contributed by atoms with Gasteiger partial charge in [0, 0.05) is 19.6 Å². The van der Waals surface area contributed by atoms with Crippen molar-refractivity contribution in [1.29, 1.82) is 0 Å². The van der Waals surface area contributed by atoms with Crippen LogP contribution in [0.4, 0.5) is 0 Å². The van der Waals surface area contributed by atoms with Crippen LogP contribution in [0.25, 0.3) is 0 Å². The van der Waals surface area contributed by atoms with Crippen LogP contribution in [-0.4, -0.2) is 54.1 Å². The molecule has 0 radical (unpaired) electrons. The van der Waals surface area contributed by atoms with Crippen LogP contribution >= 0.6 is 0 Å². The lowest BCUT2D eigenvalue weighted by Gasteiger charge is -2.22. The van der Waals surface area contributed by atoms with Crippen molar-refractivity contribution in [3.8, 4) is 0 Å². The van der Waals surface area contributed by atoms with Gasteiger partial charge in [-0.1, -0.05) is 12.1 Å². The molecule has 1 aromatic heterocycles. The maximum Gasteiger partial charge on any atom is 0.226 e. The first-order chi connectivity index (χ1) is 10.4. The summed E-state index contributed by atoms with van der Waals surface area (Å²) in [5.41, 5.74) is 0. The first-order valence-electron chi connectivity index (χ1n) is 8.12. The topological polar surface area (TPSA) is 60.6 Å². The maximum absolute atomic E-state index is 5.76. The van der Waals surface area contributed by atoms with Crippen LogP contribution < -0.4 is 0 Å². The molecule has 3 heterocycles. The van der Waals surface area contributed by atoms with Crippen molar-refractivity contribution in [2.24, 2.45) is 0 Å². The first kappa shape index (κ1) is 14.9. The zero-order valence-electron chi connectivity index (χ0n) is 12.8. The van der Waals surface area contributed by atoms with Gasteiger partial charge < -0.3 is 14.0 Å². The van der Waals surface area contributed by atoms with Crippen LogP contribution in [0.2, 0.25) is 0 Å². The van der Waals surface area contributed by atoms with Gasteiger partial charge in [0.1, 0.15) is 0 Å². The fourth-order valence-corrected chi connectivity index (χ4v) is 3.11. The summed E-state index contributed by atoms with van der Waals surface area (Å²) in [5, 5.41) is 4.12. The highest BCUT2D eigenvalue weighted by atomic mass is 16.5. The van der Waals surface area contributed by atoms with Crippen LogP contribution in [0, 0.1) is 0 Å². The normalized spacial score (nSPS) is 26.7. The van der Waals surface area contributed by atoms with Crippen molar-refractivity contribution in [1.82, 2.24) is 15.0 Å². The van der Waals surface area contributed by atoms with E-state index in [0.717, 1.165) is 63.9 Å². The molecule has 2 saturated heterocycles. The molecule has 1 aromatic rings. The standard InChI is InChI=1S/C15H25N3O3/c1-2-14-16-15(17-21-14)13-6-3-7-18(13)8-10-19-11-12-5-4-9-20-12/h12-13H,2-11H2,1H3. The van der Waals surface area contributed by atoms with Crippen molar-refractivity contribution in [3.63, 3.8) is 0 Å². The van der Waals surface area contributed by atoms with Gasteiger partial charge in [-0.15, -0.1) is 0 Å². The Bertz CT molecular complexity index is 432. The van der Waals surface area contributed by atoms with Gasteiger partial charge >= 0.3 is 0 Å². The molecular formula is C15H25N3O3. The third kappa shape index (κ3) is 3.81. The van der Waals surface area contributed by atoms with Crippen LogP contribution in [-0.2, 0) is 15.9 Å². The average molecular weight is 295 g/mol. The van der Waals surface area contributed by atoms with Crippen LogP contribution in [0.1, 0.15) is 50.4 Å². The number of rotatable bonds is 7. The first-order valence-corrected chi connectivity index (χ1v) is 8.12. The molecule has 118 valence electrons. The second kappa shape index (κ2) is 7.33. The van der Waals surface area contributed by atoms with E-state index in [1.165, 1.54) is 12.8 Å². The Morgan fingerprint density at radius 3 is 3.05 bits per heavy atom. The molecule has 0 saturated carbocycles. The minimum atomic E-state index is 0.292. The van der Waals surface area contributed by atoms with E-state index in [0.29, 0.717) is 12.1 Å². The van der Waals surface area contributed by atoms with Gasteiger partial charge in [0.15, 0.2) is 5.82 Å². The molecule has 0 spiro atoms. The Hall–Kier alpha value is -0.980. The highest BCUT2D eigenvalue weighted by molar-refractivity contribution is 4.98. The number of aryl methyl sites for hydroxylation is 1. The largest absolute Gasteiger partial charge is 0.377 e. The molecule has 0 bridgehead atoms. The van der Waals surface area contributed by atoms with E-state index in [1.807, 2.05) is 6.92 Å². The van der Waals surface area contributed by atoms with Crippen molar-refractivity contribution < 1.29 is 14.0 Å². The van der Waals surface area contributed by atoms with Gasteiger partial charge in [-0.3, -0.25) is 4.90 Å². The number of ether oxygens (including phenoxy) is 2. The Balaban J connectivity index is 1.43. The van der Waals surface area contributed by atoms with E-state index in [1.54, 1.807) is 0 Å². The highest BCUT2D eigenvalue weighted by Gasteiger charge is 2.29. The van der Waals surface area contributed by atoms with E-state index >= 15 is 0 Å². The lowest BCUT2D eigenvalue weighted by molar-refractivity contribution is 0.00920. The third-order valence-electron chi connectivity index (χ3n) is 4.30. The van der Waals surface area contributed by atoms with E-state index < -0.39 is 0 Å². The molecule has 0 N–H and O–H groups in total. The summed E-state index contributed by atoms with van der Waals surface area (Å²) in [6.45, 7) is 6.40. The van der Waals surface area contributed by atoms with E-state index in [2.05, 4.69) is 15.0 Å². The van der Waals surface area contributed by atoms with Gasteiger partial charge in [-0.05, 0) is 32.2 Å². The van der Waals surface area contributed by atoms with Crippen molar-refractivity contribution in [3.05, 3.63) is 11.7 Å². The van der Waals surface area contributed by atoms with Crippen molar-refractivity contribution in [2.45, 2.75) is 51.2 Å². The van der Waals surface area contributed by atoms with Gasteiger partial charge in [0.2, 0.25) is 5.89 Å². The minimum absolute atomic E-state index is 0.292. The Morgan fingerprint density at radius 1 is 1.33 bits per heavy atom. The fourth-order valence-electron chi connectivity index (χ4n) is 3.11. The quantitative estimate of drug-likeness (QED) is 0.717. The summed E-state index contributed by atoms with van der Waals surface area (Å²) in [4.78, 5) is 6.87. The SMILES string of the molecule is CCc1nc(C2CCCN2CCOCC2CCCO2)no1. The molecule has 6 nitrogen and oxygen atoms in total. The molecular weight excluding hydrogens is 270 g/mol. The van der Waals surface area contributed by atoms with Crippen LogP contribution in [0.5, 0.6) is 0 Å². The van der Waals surface area contributed by atoms with E-state index in [-0.39, 0.29) is 0 Å². The lowest BCUT2D eigenvalue weighted by Crippen LogP contribution is -2.29. The highest BCUT2D eigenvalue weighted by Crippen LogP contribution is 2.29. The van der Waals surface area contributed by atoms with Gasteiger partial charge in [0.05, 0.1) is 25.4 Å². The molecule has 3 rings (SSSR count). The molecule has 0 aromatic carbocycles. The van der Waals surface area contributed by atoms with Gasteiger partial charge in [0.25, 0.3) is 0 Å². The van der Waals surface area contributed by atoms with E-state index in [9.17, 15) is 0 Å². The van der Waals surface area contributed by atoms with Crippen LogP contribution in [0.15, 0.2) is 4.52 Å². The summed E-state index contributed by atoms with van der Waals surface area (Å²) in [6.07, 6.45) is 5.70. The van der Waals surface area contributed by atoms with Crippen molar-refractivity contribution >= 4 is 0 Å². The molecule has 21 heavy (non-hydrogen) atoms. The van der Waals surface area contributed by atoms with Crippen molar-refractivity contribution in [2.75, 3.05) is 32.9 Å². The zero-order chi connectivity index (χ0) is 14.5. The summed E-state index contributed by atoms with van der Waals surface area (Å²) < 4.78 is 16.6. The molecule has 2 aliphatic rings. The summed E-state index contributed by atoms with van der Waals surface area (Å²) in [5.74, 6) is 1.56. The van der Waals surface area contributed by atoms with Crippen LogP contribution in [0.3, 0.4) is 0 Å². The number of nitrogens with zero attached hydrogens (tertiary/aromatic N) is 3. The predicted molar refractivity (Wildman–Crippen MR) is 77.0 cm³/mol. The van der Waals surface area contributed by atoms with Gasteiger partial charge in [-0.2, -0.15) is 4.98 Å². The minimum Gasteiger partial charge on any atom is -0.377 e. The van der Waals surface area contributed by atoms with Gasteiger partial charge in [-0.25, -0.2) is 0 Å². The zero-order valence-corrected chi connectivity index (χ0v) is 12.8. The summed E-state index contributed by atoms with van der Waals surface area (Å²) in [6, 6.07) is 0.292. The summed E-state index contributed by atoms with van der Waals surface area (Å²) >= 11 is 0. The molecule has 2 aliphatic heterocycles. The molecule has 0 aliphatic carbocycles. The number of hydrogen-bond donors (Lipinski definition) is 0. The summed E-state index contributed by atoms with van der Waals surface area (Å²) in [7, 11) is 0. The molecule has 2 unspecified atom stereocenters. The number of hydrogen-bond acceptors (Lipinski definition) is 6. The molecule has 2 fully saturated rings. The average Bonchev–Trinajstić information content (AvgIpc) is 3.23. The van der Waals surface area contributed by atoms with E-state index in [4.69, 9.17) is 14.0 Å². The predicted octanol–water partition coefficient (Wildman–Crippen LogP) is 1.96. The number of likely N-dealkylation sites (tertiary alicyclic amines) is 1. The lowest BCUT2D eigenvalue weighted by atomic mass is 10.2.